The number of hydrogen-bond donors (Lipinski definition) is 1. The number of benzene rings is 2. The minimum absolute atomic E-state index is 0.0344. The second-order valence-corrected chi connectivity index (χ2v) is 4.94. The van der Waals surface area contributed by atoms with E-state index in [0.717, 1.165) is 27.9 Å². The van der Waals surface area contributed by atoms with Gasteiger partial charge in [0.2, 0.25) is 0 Å². The van der Waals surface area contributed by atoms with Crippen molar-refractivity contribution in [3.63, 3.8) is 0 Å². The average Bonchev–Trinajstić information content (AvgIpc) is 3.01. The van der Waals surface area contributed by atoms with Crippen molar-refractivity contribution in [3.05, 3.63) is 70.6 Å². The zero-order chi connectivity index (χ0) is 14.2. The normalized spacial score (nSPS) is 11.2. The number of nitrogens with one attached hydrogen (secondary N) is 1. The molecule has 5 heteroatoms. The van der Waals surface area contributed by atoms with Crippen LogP contribution in [0.4, 0.5) is 0 Å². The summed E-state index contributed by atoms with van der Waals surface area (Å²) in [4.78, 5) is 12.1. The summed E-state index contributed by atoms with van der Waals surface area (Å²) in [6.45, 7) is 0.567. The summed E-state index contributed by atoms with van der Waals surface area (Å²) in [5, 5.41) is 11.6. The van der Waals surface area contributed by atoms with Crippen LogP contribution in [0.5, 0.6) is 0 Å². The number of pyridine rings is 1. The smallest absolute Gasteiger partial charge is 0.187 e. The molecule has 1 aromatic carbocycles. The molecule has 0 spiro atoms. The Morgan fingerprint density at radius 2 is 2.00 bits per heavy atom. The zero-order valence-corrected chi connectivity index (χ0v) is 11.2. The van der Waals surface area contributed by atoms with Gasteiger partial charge in [-0.2, -0.15) is 15.4 Å². The molecule has 21 heavy (non-hydrogen) atoms. The van der Waals surface area contributed by atoms with E-state index in [2.05, 4.69) is 20.0 Å². The fraction of sp³-hybridized carbons (Fsp3) is 0.0625. The third kappa shape index (κ3) is 1.90. The number of nitrogens with zero attached hydrogens (tertiary/aromatic N) is 3. The molecule has 1 aromatic heterocycles. The molecule has 2 aliphatic rings. The monoisotopic (exact) mass is 276 g/mol. The molecule has 0 amide bonds. The molecule has 4 rings (SSSR count). The van der Waals surface area contributed by atoms with Crippen molar-refractivity contribution in [1.82, 2.24) is 20.0 Å². The maximum absolute atomic E-state index is 12.1. The first-order chi connectivity index (χ1) is 10.3. The molecule has 0 bridgehead atoms. The highest BCUT2D eigenvalue weighted by molar-refractivity contribution is 5.86. The van der Waals surface area contributed by atoms with Gasteiger partial charge in [-0.3, -0.25) is 4.79 Å². The Morgan fingerprint density at radius 3 is 2.86 bits per heavy atom. The van der Waals surface area contributed by atoms with Crippen molar-refractivity contribution in [2.75, 3.05) is 0 Å². The van der Waals surface area contributed by atoms with Crippen molar-refractivity contribution < 1.29 is 0 Å². The lowest BCUT2D eigenvalue weighted by Crippen LogP contribution is -2.13. The van der Waals surface area contributed by atoms with Gasteiger partial charge in [-0.25, -0.2) is 0 Å². The van der Waals surface area contributed by atoms with Gasteiger partial charge < -0.3 is 4.57 Å². The SMILES string of the molecule is O=c1cccc2n(Cc3cn[nH]n3)c3ccccc3cc1-2. The van der Waals surface area contributed by atoms with Gasteiger partial charge in [-0.15, -0.1) is 0 Å². The molecule has 0 unspecified atom stereocenters. The van der Waals surface area contributed by atoms with Crippen molar-refractivity contribution in [2.24, 2.45) is 0 Å². The fourth-order valence-electron chi connectivity index (χ4n) is 2.69. The van der Waals surface area contributed by atoms with Crippen LogP contribution in [0.3, 0.4) is 0 Å². The van der Waals surface area contributed by atoms with Crippen LogP contribution in [0.25, 0.3) is 22.2 Å². The zero-order valence-electron chi connectivity index (χ0n) is 11.2. The number of rotatable bonds is 2. The number of para-hydroxylation sites is 1. The third-order valence-corrected chi connectivity index (χ3v) is 3.65. The lowest BCUT2D eigenvalue weighted by Gasteiger charge is -2.17. The molecule has 1 aliphatic carbocycles. The van der Waals surface area contributed by atoms with E-state index in [1.807, 2.05) is 36.4 Å². The molecular weight excluding hydrogens is 264 g/mol. The Balaban J connectivity index is 2.08. The molecule has 102 valence electrons. The Kier molecular flexibility index (Phi) is 2.57. The lowest BCUT2D eigenvalue weighted by atomic mass is 10.0. The summed E-state index contributed by atoms with van der Waals surface area (Å²) in [6.07, 6.45) is 1.70. The standard InChI is InChI=1S/C16H12N4O/c21-16-7-3-6-15-13(16)8-11-4-1-2-5-14(11)20(15)10-12-9-17-19-18-12/h1-9H,10H2,(H,17,18,19). The predicted molar refractivity (Wildman–Crippen MR) is 80.3 cm³/mol. The quantitative estimate of drug-likeness (QED) is 0.571. The van der Waals surface area contributed by atoms with Gasteiger partial charge in [0.25, 0.3) is 0 Å². The predicted octanol–water partition coefficient (Wildman–Crippen LogP) is 2.27. The molecule has 0 fully saturated rings. The second kappa shape index (κ2) is 4.56. The van der Waals surface area contributed by atoms with E-state index in [1.165, 1.54) is 0 Å². The van der Waals surface area contributed by atoms with Crippen LogP contribution in [-0.4, -0.2) is 20.0 Å². The van der Waals surface area contributed by atoms with E-state index in [9.17, 15) is 4.79 Å². The van der Waals surface area contributed by atoms with Crippen LogP contribution in [-0.2, 0) is 6.54 Å². The Morgan fingerprint density at radius 1 is 1.10 bits per heavy atom. The van der Waals surface area contributed by atoms with E-state index in [0.29, 0.717) is 6.54 Å². The summed E-state index contributed by atoms with van der Waals surface area (Å²) >= 11 is 0. The van der Waals surface area contributed by atoms with Crippen LogP contribution in [0.1, 0.15) is 5.69 Å². The number of hydrogen-bond acceptors (Lipinski definition) is 3. The fourth-order valence-corrected chi connectivity index (χ4v) is 2.69. The second-order valence-electron chi connectivity index (χ2n) is 4.94. The summed E-state index contributed by atoms with van der Waals surface area (Å²) in [6, 6.07) is 15.3. The first-order valence-electron chi connectivity index (χ1n) is 6.69. The topological polar surface area (TPSA) is 63.6 Å². The van der Waals surface area contributed by atoms with Gasteiger partial charge in [0.05, 0.1) is 18.4 Å². The maximum Gasteiger partial charge on any atom is 0.187 e. The molecule has 0 saturated heterocycles. The minimum Gasteiger partial charge on any atom is -0.334 e. The van der Waals surface area contributed by atoms with Crippen molar-refractivity contribution in [2.45, 2.75) is 6.54 Å². The van der Waals surface area contributed by atoms with Gasteiger partial charge in [0.1, 0.15) is 5.69 Å². The molecule has 1 aliphatic heterocycles. The average molecular weight is 276 g/mol. The highest BCUT2D eigenvalue weighted by atomic mass is 16.1. The van der Waals surface area contributed by atoms with Gasteiger partial charge in [0.15, 0.2) is 5.43 Å². The highest BCUT2D eigenvalue weighted by Gasteiger charge is 2.13. The van der Waals surface area contributed by atoms with Crippen molar-refractivity contribution in [3.8, 4) is 11.3 Å². The van der Waals surface area contributed by atoms with E-state index in [-0.39, 0.29) is 5.43 Å². The Bertz CT molecular complexity index is 940. The van der Waals surface area contributed by atoms with Gasteiger partial charge in [-0.05, 0) is 29.7 Å². The number of fused-ring (bicyclic) bond motifs is 2. The minimum atomic E-state index is 0.0344. The molecule has 1 N–H and O–H groups in total. The first kappa shape index (κ1) is 11.8. The maximum atomic E-state index is 12.1. The molecule has 0 atom stereocenters. The summed E-state index contributed by atoms with van der Waals surface area (Å²) in [5.41, 5.74) is 3.56. The molecular formula is C16H12N4O. The molecule has 2 aromatic rings. The van der Waals surface area contributed by atoms with Crippen molar-refractivity contribution in [1.29, 1.82) is 0 Å². The van der Waals surface area contributed by atoms with E-state index >= 15 is 0 Å². The first-order valence-corrected chi connectivity index (χ1v) is 6.69. The van der Waals surface area contributed by atoms with Gasteiger partial charge in [-0.1, -0.05) is 24.3 Å². The highest BCUT2D eigenvalue weighted by Crippen LogP contribution is 2.26. The Hall–Kier alpha value is -2.95. The Labute approximate surface area is 120 Å². The summed E-state index contributed by atoms with van der Waals surface area (Å²) < 4.78 is 2.10. The molecule has 5 nitrogen and oxygen atoms in total. The number of H-pyrrole nitrogens is 1. The van der Waals surface area contributed by atoms with Crippen LogP contribution in [0.15, 0.2) is 59.5 Å². The summed E-state index contributed by atoms with van der Waals surface area (Å²) in [5.74, 6) is 0. The van der Waals surface area contributed by atoms with Crippen LogP contribution < -0.4 is 5.43 Å². The number of aromatic nitrogens is 4. The van der Waals surface area contributed by atoms with Crippen molar-refractivity contribution >= 4 is 10.9 Å². The van der Waals surface area contributed by atoms with Crippen LogP contribution in [0, 0.1) is 0 Å². The van der Waals surface area contributed by atoms with E-state index < -0.39 is 0 Å². The van der Waals surface area contributed by atoms with Gasteiger partial charge >= 0.3 is 0 Å². The third-order valence-electron chi connectivity index (χ3n) is 3.65. The van der Waals surface area contributed by atoms with E-state index in [1.54, 1.807) is 18.3 Å². The molecule has 0 radical (unpaired) electrons. The van der Waals surface area contributed by atoms with Crippen LogP contribution in [0.2, 0.25) is 0 Å². The lowest BCUT2D eigenvalue weighted by molar-refractivity contribution is 0.794. The summed E-state index contributed by atoms with van der Waals surface area (Å²) in [7, 11) is 0. The van der Waals surface area contributed by atoms with E-state index in [4.69, 9.17) is 0 Å². The van der Waals surface area contributed by atoms with Gasteiger partial charge in [0, 0.05) is 11.1 Å². The molecule has 0 saturated carbocycles. The largest absolute Gasteiger partial charge is 0.334 e. The van der Waals surface area contributed by atoms with Crippen LogP contribution >= 0.6 is 0 Å². The number of aromatic amines is 1. The molecule has 2 heterocycles.